The molecule has 1 aliphatic rings. The lowest BCUT2D eigenvalue weighted by Crippen LogP contribution is -2.23. The standard InChI is InChI=1S/C12H18N2O/c1-2-9-4-3-5-10(8-9)11(15)12-13-6-7-14-12/h6-7,9-10H,2-5,8H2,1H3,(H,13,14). The second-order valence-corrected chi connectivity index (χ2v) is 4.44. The molecule has 0 aliphatic heterocycles. The Labute approximate surface area is 90.3 Å². The lowest BCUT2D eigenvalue weighted by Gasteiger charge is -2.26. The molecule has 1 N–H and O–H groups in total. The van der Waals surface area contributed by atoms with Crippen molar-refractivity contribution >= 4 is 5.78 Å². The average Bonchev–Trinajstić information content (AvgIpc) is 2.81. The second kappa shape index (κ2) is 4.60. The molecule has 1 fully saturated rings. The van der Waals surface area contributed by atoms with E-state index in [0.717, 1.165) is 18.8 Å². The topological polar surface area (TPSA) is 45.8 Å². The predicted molar refractivity (Wildman–Crippen MR) is 58.7 cm³/mol. The van der Waals surface area contributed by atoms with Crippen LogP contribution in [0.5, 0.6) is 0 Å². The van der Waals surface area contributed by atoms with Crippen LogP contribution < -0.4 is 0 Å². The zero-order chi connectivity index (χ0) is 10.7. The number of rotatable bonds is 3. The summed E-state index contributed by atoms with van der Waals surface area (Å²) in [6, 6.07) is 0. The van der Waals surface area contributed by atoms with E-state index < -0.39 is 0 Å². The molecular weight excluding hydrogens is 188 g/mol. The molecule has 0 radical (unpaired) electrons. The van der Waals surface area contributed by atoms with Crippen LogP contribution in [-0.4, -0.2) is 15.8 Å². The molecule has 2 atom stereocenters. The number of nitrogens with zero attached hydrogens (tertiary/aromatic N) is 1. The Morgan fingerprint density at radius 3 is 3.13 bits per heavy atom. The smallest absolute Gasteiger partial charge is 0.201 e. The van der Waals surface area contributed by atoms with Gasteiger partial charge in [0.05, 0.1) is 0 Å². The van der Waals surface area contributed by atoms with Crippen LogP contribution in [0, 0.1) is 11.8 Å². The maximum atomic E-state index is 12.0. The normalized spacial score (nSPS) is 26.5. The summed E-state index contributed by atoms with van der Waals surface area (Å²) >= 11 is 0. The van der Waals surface area contributed by atoms with Gasteiger partial charge in [0.2, 0.25) is 5.78 Å². The van der Waals surface area contributed by atoms with Gasteiger partial charge in [-0.3, -0.25) is 4.79 Å². The van der Waals surface area contributed by atoms with E-state index in [9.17, 15) is 4.79 Å². The van der Waals surface area contributed by atoms with Crippen molar-refractivity contribution in [1.82, 2.24) is 9.97 Å². The number of nitrogens with one attached hydrogen (secondary N) is 1. The first-order chi connectivity index (χ1) is 7.31. The van der Waals surface area contributed by atoms with Crippen LogP contribution in [-0.2, 0) is 0 Å². The molecule has 1 saturated carbocycles. The number of carbonyl (C=O) groups is 1. The minimum atomic E-state index is 0.204. The van der Waals surface area contributed by atoms with Gasteiger partial charge < -0.3 is 4.98 Å². The van der Waals surface area contributed by atoms with E-state index in [1.165, 1.54) is 19.3 Å². The summed E-state index contributed by atoms with van der Waals surface area (Å²) in [6.07, 6.45) is 9.13. The molecular formula is C12H18N2O. The molecule has 0 aromatic carbocycles. The number of hydrogen-bond donors (Lipinski definition) is 1. The van der Waals surface area contributed by atoms with Crippen molar-refractivity contribution in [2.24, 2.45) is 11.8 Å². The van der Waals surface area contributed by atoms with Gasteiger partial charge in [-0.15, -0.1) is 0 Å². The van der Waals surface area contributed by atoms with Crippen molar-refractivity contribution < 1.29 is 4.79 Å². The van der Waals surface area contributed by atoms with E-state index in [0.29, 0.717) is 5.82 Å². The van der Waals surface area contributed by atoms with E-state index in [4.69, 9.17) is 0 Å². The molecule has 0 saturated heterocycles. The molecule has 0 spiro atoms. The van der Waals surface area contributed by atoms with E-state index in [1.807, 2.05) is 0 Å². The summed E-state index contributed by atoms with van der Waals surface area (Å²) in [5, 5.41) is 0. The van der Waals surface area contributed by atoms with Crippen LogP contribution in [0.2, 0.25) is 0 Å². The van der Waals surface area contributed by atoms with E-state index in [-0.39, 0.29) is 11.7 Å². The number of imidazole rings is 1. The summed E-state index contributed by atoms with van der Waals surface area (Å²) in [6.45, 7) is 2.21. The molecule has 15 heavy (non-hydrogen) atoms. The lowest BCUT2D eigenvalue weighted by atomic mass is 9.78. The van der Waals surface area contributed by atoms with Crippen molar-refractivity contribution in [3.05, 3.63) is 18.2 Å². The third-order valence-corrected chi connectivity index (χ3v) is 3.46. The van der Waals surface area contributed by atoms with E-state index in [2.05, 4.69) is 16.9 Å². The number of ketones is 1. The lowest BCUT2D eigenvalue weighted by molar-refractivity contribution is 0.0852. The second-order valence-electron chi connectivity index (χ2n) is 4.44. The molecule has 2 rings (SSSR count). The average molecular weight is 206 g/mol. The summed E-state index contributed by atoms with van der Waals surface area (Å²) in [7, 11) is 0. The van der Waals surface area contributed by atoms with Gasteiger partial charge in [-0.25, -0.2) is 4.98 Å². The minimum absolute atomic E-state index is 0.204. The van der Waals surface area contributed by atoms with Crippen LogP contribution in [0.15, 0.2) is 12.4 Å². The number of aromatic nitrogens is 2. The maximum Gasteiger partial charge on any atom is 0.201 e. The van der Waals surface area contributed by atoms with E-state index in [1.54, 1.807) is 12.4 Å². The number of carbonyl (C=O) groups excluding carboxylic acids is 1. The molecule has 3 nitrogen and oxygen atoms in total. The van der Waals surface area contributed by atoms with Crippen molar-refractivity contribution in [3.63, 3.8) is 0 Å². The van der Waals surface area contributed by atoms with Crippen LogP contribution in [0.25, 0.3) is 0 Å². The first-order valence-electron chi connectivity index (χ1n) is 5.84. The SMILES string of the molecule is CCC1CCCC(C(=O)c2ncc[nH]2)C1. The van der Waals surface area contributed by atoms with Gasteiger partial charge in [0.1, 0.15) is 0 Å². The third-order valence-electron chi connectivity index (χ3n) is 3.46. The first kappa shape index (κ1) is 10.4. The quantitative estimate of drug-likeness (QED) is 0.773. The zero-order valence-electron chi connectivity index (χ0n) is 9.20. The fourth-order valence-electron chi connectivity index (χ4n) is 2.49. The Bertz CT molecular complexity index is 318. The van der Waals surface area contributed by atoms with Crippen LogP contribution in [0.3, 0.4) is 0 Å². The highest BCUT2D eigenvalue weighted by molar-refractivity contribution is 5.94. The third kappa shape index (κ3) is 2.28. The van der Waals surface area contributed by atoms with Gasteiger partial charge in [-0.2, -0.15) is 0 Å². The van der Waals surface area contributed by atoms with Crippen LogP contribution in [0.1, 0.15) is 49.6 Å². The van der Waals surface area contributed by atoms with Gasteiger partial charge in [-0.05, 0) is 18.8 Å². The highest BCUT2D eigenvalue weighted by atomic mass is 16.1. The summed E-state index contributed by atoms with van der Waals surface area (Å²) in [5.74, 6) is 1.69. The molecule has 1 aromatic rings. The van der Waals surface area contributed by atoms with Crippen LogP contribution in [0.4, 0.5) is 0 Å². The van der Waals surface area contributed by atoms with Gasteiger partial charge in [0, 0.05) is 18.3 Å². The zero-order valence-corrected chi connectivity index (χ0v) is 9.20. The highest BCUT2D eigenvalue weighted by Crippen LogP contribution is 2.32. The number of H-pyrrole nitrogens is 1. The summed E-state index contributed by atoms with van der Waals surface area (Å²) in [5.41, 5.74) is 0. The Morgan fingerprint density at radius 2 is 2.47 bits per heavy atom. The largest absolute Gasteiger partial charge is 0.342 e. The minimum Gasteiger partial charge on any atom is -0.342 e. The molecule has 2 unspecified atom stereocenters. The van der Waals surface area contributed by atoms with Gasteiger partial charge in [0.25, 0.3) is 0 Å². The molecule has 82 valence electrons. The number of Topliss-reactive ketones (excluding diaryl/α,β-unsaturated/α-hetero) is 1. The number of aromatic amines is 1. The number of hydrogen-bond acceptors (Lipinski definition) is 2. The molecule has 1 aliphatic carbocycles. The highest BCUT2D eigenvalue weighted by Gasteiger charge is 2.28. The Balaban J connectivity index is 2.01. The van der Waals surface area contributed by atoms with E-state index >= 15 is 0 Å². The fourth-order valence-corrected chi connectivity index (χ4v) is 2.49. The van der Waals surface area contributed by atoms with Crippen molar-refractivity contribution in [2.75, 3.05) is 0 Å². The first-order valence-corrected chi connectivity index (χ1v) is 5.84. The Hall–Kier alpha value is -1.12. The fraction of sp³-hybridized carbons (Fsp3) is 0.667. The summed E-state index contributed by atoms with van der Waals surface area (Å²) in [4.78, 5) is 19.0. The molecule has 1 heterocycles. The Morgan fingerprint density at radius 1 is 1.60 bits per heavy atom. The molecule has 1 aromatic heterocycles. The Kier molecular flexibility index (Phi) is 3.19. The van der Waals surface area contributed by atoms with Crippen molar-refractivity contribution in [2.45, 2.75) is 39.0 Å². The maximum absolute atomic E-state index is 12.0. The molecule has 0 amide bonds. The van der Waals surface area contributed by atoms with Crippen molar-refractivity contribution in [3.8, 4) is 0 Å². The summed E-state index contributed by atoms with van der Waals surface area (Å²) < 4.78 is 0. The van der Waals surface area contributed by atoms with Crippen LogP contribution >= 0.6 is 0 Å². The predicted octanol–water partition coefficient (Wildman–Crippen LogP) is 2.81. The monoisotopic (exact) mass is 206 g/mol. The van der Waals surface area contributed by atoms with Gasteiger partial charge in [-0.1, -0.05) is 26.2 Å². The van der Waals surface area contributed by atoms with Crippen molar-refractivity contribution in [1.29, 1.82) is 0 Å². The van der Waals surface area contributed by atoms with Gasteiger partial charge in [0.15, 0.2) is 5.82 Å². The molecule has 0 bridgehead atoms. The molecule has 3 heteroatoms. The van der Waals surface area contributed by atoms with Gasteiger partial charge >= 0.3 is 0 Å².